The van der Waals surface area contributed by atoms with Crippen LogP contribution in [0.1, 0.15) is 43.6 Å². The summed E-state index contributed by atoms with van der Waals surface area (Å²) >= 11 is 0. The van der Waals surface area contributed by atoms with Crippen molar-refractivity contribution in [2.45, 2.75) is 44.6 Å². The van der Waals surface area contributed by atoms with E-state index in [4.69, 9.17) is 4.42 Å². The van der Waals surface area contributed by atoms with Crippen LogP contribution in [0.5, 0.6) is 0 Å². The number of carbonyl (C=O) groups excluding carboxylic acids is 1. The van der Waals surface area contributed by atoms with Crippen LogP contribution < -0.4 is 5.32 Å². The number of carbonyl (C=O) groups is 1. The van der Waals surface area contributed by atoms with Gasteiger partial charge in [-0.05, 0) is 44.9 Å². The lowest BCUT2D eigenvalue weighted by Gasteiger charge is -2.35. The number of nitrogens with zero attached hydrogens (tertiary/aromatic N) is 3. The van der Waals surface area contributed by atoms with Crippen LogP contribution in [0.15, 0.2) is 21.5 Å². The van der Waals surface area contributed by atoms with Crippen molar-refractivity contribution in [1.82, 2.24) is 15.1 Å². The fourth-order valence-electron chi connectivity index (χ4n) is 3.43. The van der Waals surface area contributed by atoms with Gasteiger partial charge in [-0.2, -0.15) is 0 Å². The number of guanidine groups is 1. The summed E-state index contributed by atoms with van der Waals surface area (Å²) in [6.45, 7) is 7.06. The minimum atomic E-state index is -0.542. The summed E-state index contributed by atoms with van der Waals surface area (Å²) < 4.78 is 5.72. The highest BCUT2D eigenvalue weighted by atomic mass is 16.3. The Labute approximate surface area is 143 Å². The van der Waals surface area contributed by atoms with Gasteiger partial charge in [0.1, 0.15) is 17.1 Å². The maximum Gasteiger partial charge on any atom is 0.254 e. The Kier molecular flexibility index (Phi) is 4.67. The Morgan fingerprint density at radius 3 is 2.62 bits per heavy atom. The van der Waals surface area contributed by atoms with E-state index in [0.29, 0.717) is 11.9 Å². The van der Waals surface area contributed by atoms with E-state index in [0.717, 1.165) is 50.4 Å². The van der Waals surface area contributed by atoms with Gasteiger partial charge in [0.2, 0.25) is 5.96 Å². The molecule has 3 heterocycles. The zero-order chi connectivity index (χ0) is 17.3. The van der Waals surface area contributed by atoms with Gasteiger partial charge < -0.3 is 14.2 Å². The molecule has 0 aromatic carbocycles. The van der Waals surface area contributed by atoms with Crippen molar-refractivity contribution in [3.05, 3.63) is 23.7 Å². The van der Waals surface area contributed by atoms with E-state index in [1.165, 1.54) is 0 Å². The van der Waals surface area contributed by atoms with Gasteiger partial charge in [-0.25, -0.2) is 4.99 Å². The largest absolute Gasteiger partial charge is 0.466 e. The Morgan fingerprint density at radius 1 is 1.38 bits per heavy atom. The van der Waals surface area contributed by atoms with Crippen molar-refractivity contribution in [3.8, 4) is 0 Å². The Bertz CT molecular complexity index is 627. The lowest BCUT2D eigenvalue weighted by molar-refractivity contribution is -0.125. The first kappa shape index (κ1) is 17.0. The molecule has 1 aromatic heterocycles. The molecule has 0 radical (unpaired) electrons. The fraction of sp³-hybridized carbons (Fsp3) is 0.667. The minimum absolute atomic E-state index is 0.0604. The maximum absolute atomic E-state index is 12.3. The number of furan rings is 1. The summed E-state index contributed by atoms with van der Waals surface area (Å²) in [5.74, 6) is 3.21. The van der Waals surface area contributed by atoms with Gasteiger partial charge in [-0.15, -0.1) is 0 Å². The standard InChI is InChI=1S/C18H28N4O2/c1-13(15-6-5-14(2)24-15)7-10-22-11-8-18(9-12-22)16(23)19-17(20-18)21(3)4/h5-6,13H,7-12H2,1-4H3,(H,19,20,23)/t13-/m0/s1. The van der Waals surface area contributed by atoms with Crippen LogP contribution in [-0.2, 0) is 4.79 Å². The van der Waals surface area contributed by atoms with Crippen LogP contribution >= 0.6 is 0 Å². The van der Waals surface area contributed by atoms with E-state index in [1.54, 1.807) is 0 Å². The van der Waals surface area contributed by atoms with Crippen LogP contribution in [0.4, 0.5) is 0 Å². The molecule has 0 unspecified atom stereocenters. The average molecular weight is 332 g/mol. The summed E-state index contributed by atoms with van der Waals surface area (Å²) in [5.41, 5.74) is -0.542. The van der Waals surface area contributed by atoms with Crippen LogP contribution in [0.2, 0.25) is 0 Å². The third-order valence-corrected chi connectivity index (χ3v) is 5.20. The highest BCUT2D eigenvalue weighted by Crippen LogP contribution is 2.31. The normalized spacial score (nSPS) is 21.7. The summed E-state index contributed by atoms with van der Waals surface area (Å²) in [4.78, 5) is 21.3. The molecule has 1 amide bonds. The molecule has 132 valence electrons. The molecular formula is C18H28N4O2. The number of aryl methyl sites for hydroxylation is 1. The van der Waals surface area contributed by atoms with Crippen molar-refractivity contribution in [1.29, 1.82) is 0 Å². The third kappa shape index (κ3) is 3.34. The van der Waals surface area contributed by atoms with Crippen molar-refractivity contribution in [3.63, 3.8) is 0 Å². The second-order valence-electron chi connectivity index (χ2n) is 7.30. The molecule has 6 heteroatoms. The number of rotatable bonds is 4. The van der Waals surface area contributed by atoms with Gasteiger partial charge >= 0.3 is 0 Å². The van der Waals surface area contributed by atoms with Crippen molar-refractivity contribution >= 4 is 11.9 Å². The second kappa shape index (κ2) is 6.59. The summed E-state index contributed by atoms with van der Waals surface area (Å²) in [6, 6.07) is 4.10. The maximum atomic E-state index is 12.3. The molecule has 0 aliphatic carbocycles. The van der Waals surface area contributed by atoms with E-state index in [2.05, 4.69) is 28.2 Å². The van der Waals surface area contributed by atoms with Crippen LogP contribution in [0.25, 0.3) is 0 Å². The number of likely N-dealkylation sites (tertiary alicyclic amines) is 1. The molecule has 2 aliphatic heterocycles. The Hall–Kier alpha value is -1.82. The lowest BCUT2D eigenvalue weighted by Crippen LogP contribution is -2.49. The average Bonchev–Trinajstić information content (AvgIpc) is 3.12. The predicted molar refractivity (Wildman–Crippen MR) is 94.1 cm³/mol. The molecular weight excluding hydrogens is 304 g/mol. The van der Waals surface area contributed by atoms with Gasteiger partial charge in [0, 0.05) is 33.1 Å². The number of piperidine rings is 1. The van der Waals surface area contributed by atoms with E-state index < -0.39 is 5.54 Å². The smallest absolute Gasteiger partial charge is 0.254 e. The van der Waals surface area contributed by atoms with E-state index in [1.807, 2.05) is 32.0 Å². The molecule has 1 atom stereocenters. The van der Waals surface area contributed by atoms with Crippen molar-refractivity contribution in [2.75, 3.05) is 33.7 Å². The number of aliphatic imine (C=N–C) groups is 1. The van der Waals surface area contributed by atoms with Gasteiger partial charge in [-0.3, -0.25) is 10.1 Å². The number of hydrogen-bond donors (Lipinski definition) is 1. The summed E-state index contributed by atoms with van der Waals surface area (Å²) in [7, 11) is 3.82. The molecule has 2 aliphatic rings. The molecule has 0 bridgehead atoms. The second-order valence-corrected chi connectivity index (χ2v) is 7.30. The lowest BCUT2D eigenvalue weighted by atomic mass is 9.88. The number of nitrogens with one attached hydrogen (secondary N) is 1. The number of hydrogen-bond acceptors (Lipinski definition) is 5. The van der Waals surface area contributed by atoms with E-state index in [-0.39, 0.29) is 5.91 Å². The quantitative estimate of drug-likeness (QED) is 0.916. The molecule has 24 heavy (non-hydrogen) atoms. The first-order chi connectivity index (χ1) is 11.4. The zero-order valence-corrected chi connectivity index (χ0v) is 15.1. The third-order valence-electron chi connectivity index (χ3n) is 5.20. The van der Waals surface area contributed by atoms with Crippen LogP contribution in [0.3, 0.4) is 0 Å². The van der Waals surface area contributed by atoms with Crippen molar-refractivity contribution in [2.24, 2.45) is 4.99 Å². The van der Waals surface area contributed by atoms with Gasteiger partial charge in [-0.1, -0.05) is 6.92 Å². The van der Waals surface area contributed by atoms with Gasteiger partial charge in [0.15, 0.2) is 0 Å². The molecule has 1 N–H and O–H groups in total. The molecule has 3 rings (SSSR count). The highest BCUT2D eigenvalue weighted by Gasteiger charge is 2.46. The van der Waals surface area contributed by atoms with E-state index in [9.17, 15) is 4.79 Å². The molecule has 1 aromatic rings. The topological polar surface area (TPSA) is 61.1 Å². The minimum Gasteiger partial charge on any atom is -0.466 e. The number of amides is 1. The highest BCUT2D eigenvalue weighted by molar-refractivity contribution is 6.07. The fourth-order valence-corrected chi connectivity index (χ4v) is 3.43. The van der Waals surface area contributed by atoms with Gasteiger partial charge in [0.05, 0.1) is 0 Å². The SMILES string of the molecule is Cc1ccc([C@@H](C)CCN2CCC3(CC2)N=C(N(C)C)NC3=O)o1. The molecule has 1 spiro atoms. The Morgan fingerprint density at radius 2 is 2.08 bits per heavy atom. The predicted octanol–water partition coefficient (Wildman–Crippen LogP) is 1.96. The first-order valence-electron chi connectivity index (χ1n) is 8.77. The molecule has 0 saturated carbocycles. The first-order valence-corrected chi connectivity index (χ1v) is 8.77. The molecule has 1 fully saturated rings. The van der Waals surface area contributed by atoms with Crippen molar-refractivity contribution < 1.29 is 9.21 Å². The Balaban J connectivity index is 1.51. The molecule has 1 saturated heterocycles. The monoisotopic (exact) mass is 332 g/mol. The molecule has 6 nitrogen and oxygen atoms in total. The summed E-state index contributed by atoms with van der Waals surface area (Å²) in [6.07, 6.45) is 2.66. The van der Waals surface area contributed by atoms with Crippen LogP contribution in [-0.4, -0.2) is 60.9 Å². The zero-order valence-electron chi connectivity index (χ0n) is 15.1. The van der Waals surface area contributed by atoms with E-state index >= 15 is 0 Å². The summed E-state index contributed by atoms with van der Waals surface area (Å²) in [5, 5.41) is 2.91. The van der Waals surface area contributed by atoms with Gasteiger partial charge in [0.25, 0.3) is 5.91 Å². The van der Waals surface area contributed by atoms with Crippen LogP contribution in [0, 0.1) is 6.92 Å².